The Morgan fingerprint density at radius 2 is 2.00 bits per heavy atom. The van der Waals surface area contributed by atoms with Gasteiger partial charge >= 0.3 is 0 Å². The number of fused-ring (bicyclic) bond motifs is 1. The van der Waals surface area contributed by atoms with E-state index in [9.17, 15) is 0 Å². The Hall–Kier alpha value is -1.31. The van der Waals surface area contributed by atoms with Crippen molar-refractivity contribution in [3.63, 3.8) is 0 Å². The van der Waals surface area contributed by atoms with E-state index in [1.165, 1.54) is 55.5 Å². The van der Waals surface area contributed by atoms with Crippen molar-refractivity contribution in [3.8, 4) is 0 Å². The van der Waals surface area contributed by atoms with E-state index in [0.29, 0.717) is 0 Å². The van der Waals surface area contributed by atoms with E-state index < -0.39 is 0 Å². The molecule has 0 bridgehead atoms. The standard InChI is InChI=1S/C16H22N2/c1-2-7-16-17-14-10-5-6-11-15(14)18(16)12-13-8-3-4-9-13/h5-6,10-11,13H,2-4,7-9,12H2,1H3. The maximum Gasteiger partial charge on any atom is 0.109 e. The van der Waals surface area contributed by atoms with Gasteiger partial charge in [-0.05, 0) is 37.3 Å². The van der Waals surface area contributed by atoms with Gasteiger partial charge in [0.1, 0.15) is 5.82 Å². The maximum absolute atomic E-state index is 4.81. The first kappa shape index (κ1) is 11.8. The molecule has 96 valence electrons. The third-order valence-electron chi connectivity index (χ3n) is 4.12. The van der Waals surface area contributed by atoms with Gasteiger partial charge in [-0.15, -0.1) is 0 Å². The molecule has 0 unspecified atom stereocenters. The largest absolute Gasteiger partial charge is 0.328 e. The van der Waals surface area contributed by atoms with Crippen LogP contribution in [0.4, 0.5) is 0 Å². The van der Waals surface area contributed by atoms with E-state index >= 15 is 0 Å². The first-order valence-corrected chi connectivity index (χ1v) is 7.32. The van der Waals surface area contributed by atoms with E-state index in [1.54, 1.807) is 0 Å². The fourth-order valence-corrected chi connectivity index (χ4v) is 3.19. The van der Waals surface area contributed by atoms with Crippen molar-refractivity contribution in [2.24, 2.45) is 5.92 Å². The summed E-state index contributed by atoms with van der Waals surface area (Å²) >= 11 is 0. The molecule has 18 heavy (non-hydrogen) atoms. The molecule has 1 heterocycles. The van der Waals surface area contributed by atoms with Crippen LogP contribution in [0.5, 0.6) is 0 Å². The molecule has 0 spiro atoms. The lowest BCUT2D eigenvalue weighted by Crippen LogP contribution is -2.10. The summed E-state index contributed by atoms with van der Waals surface area (Å²) < 4.78 is 2.48. The fourth-order valence-electron chi connectivity index (χ4n) is 3.19. The molecule has 3 rings (SSSR count). The fraction of sp³-hybridized carbons (Fsp3) is 0.562. The minimum Gasteiger partial charge on any atom is -0.328 e. The molecule has 2 heteroatoms. The molecular formula is C16H22N2. The van der Waals surface area contributed by atoms with Gasteiger partial charge in [-0.25, -0.2) is 4.98 Å². The number of aromatic nitrogens is 2. The maximum atomic E-state index is 4.81. The van der Waals surface area contributed by atoms with Crippen LogP contribution in [-0.2, 0) is 13.0 Å². The highest BCUT2D eigenvalue weighted by atomic mass is 15.1. The summed E-state index contributed by atoms with van der Waals surface area (Å²) in [4.78, 5) is 4.81. The minimum absolute atomic E-state index is 0.873. The third-order valence-corrected chi connectivity index (χ3v) is 4.12. The predicted octanol–water partition coefficient (Wildman–Crippen LogP) is 4.18. The van der Waals surface area contributed by atoms with Gasteiger partial charge in [-0.1, -0.05) is 31.9 Å². The van der Waals surface area contributed by atoms with Gasteiger partial charge in [0.25, 0.3) is 0 Å². The lowest BCUT2D eigenvalue weighted by atomic mass is 10.1. The zero-order valence-electron chi connectivity index (χ0n) is 11.2. The average molecular weight is 242 g/mol. The third kappa shape index (κ3) is 2.16. The zero-order chi connectivity index (χ0) is 12.4. The lowest BCUT2D eigenvalue weighted by Gasteiger charge is -2.13. The number of hydrogen-bond donors (Lipinski definition) is 0. The van der Waals surface area contributed by atoms with Crippen LogP contribution in [0.3, 0.4) is 0 Å². The SMILES string of the molecule is CCCc1nc2ccccc2n1CC1CCCC1. The van der Waals surface area contributed by atoms with Crippen molar-refractivity contribution in [1.82, 2.24) is 9.55 Å². The first-order valence-electron chi connectivity index (χ1n) is 7.32. The molecule has 1 aliphatic rings. The molecule has 1 aromatic carbocycles. The van der Waals surface area contributed by atoms with Crippen LogP contribution in [0.15, 0.2) is 24.3 Å². The quantitative estimate of drug-likeness (QED) is 0.786. The summed E-state index contributed by atoms with van der Waals surface area (Å²) in [6, 6.07) is 8.58. The molecule has 0 saturated heterocycles. The van der Waals surface area contributed by atoms with Crippen LogP contribution < -0.4 is 0 Å². The van der Waals surface area contributed by atoms with Crippen molar-refractivity contribution in [3.05, 3.63) is 30.1 Å². The Morgan fingerprint density at radius 1 is 1.22 bits per heavy atom. The summed E-state index contributed by atoms with van der Waals surface area (Å²) in [5.74, 6) is 2.16. The molecule has 2 nitrogen and oxygen atoms in total. The van der Waals surface area contributed by atoms with E-state index in [4.69, 9.17) is 4.98 Å². The first-order chi connectivity index (χ1) is 8.88. The second-order valence-corrected chi connectivity index (χ2v) is 5.53. The highest BCUT2D eigenvalue weighted by molar-refractivity contribution is 5.75. The molecule has 1 fully saturated rings. The molecule has 1 aliphatic carbocycles. The van der Waals surface area contributed by atoms with Crippen molar-refractivity contribution in [2.75, 3.05) is 0 Å². The van der Waals surface area contributed by atoms with Gasteiger partial charge in [0.2, 0.25) is 0 Å². The molecule has 0 radical (unpaired) electrons. The topological polar surface area (TPSA) is 17.8 Å². The second kappa shape index (κ2) is 5.13. The molecule has 1 saturated carbocycles. The molecular weight excluding hydrogens is 220 g/mol. The normalized spacial score (nSPS) is 16.7. The predicted molar refractivity (Wildman–Crippen MR) is 75.7 cm³/mol. The number of nitrogens with zero attached hydrogens (tertiary/aromatic N) is 2. The summed E-state index contributed by atoms with van der Waals surface area (Å²) in [5, 5.41) is 0. The van der Waals surface area contributed by atoms with Gasteiger partial charge in [0.05, 0.1) is 11.0 Å². The molecule has 2 aromatic rings. The van der Waals surface area contributed by atoms with Crippen LogP contribution in [0.25, 0.3) is 11.0 Å². The summed E-state index contributed by atoms with van der Waals surface area (Å²) in [5.41, 5.74) is 2.49. The van der Waals surface area contributed by atoms with E-state index in [-0.39, 0.29) is 0 Å². The van der Waals surface area contributed by atoms with Crippen LogP contribution in [0, 0.1) is 5.92 Å². The Morgan fingerprint density at radius 3 is 2.78 bits per heavy atom. The summed E-state index contributed by atoms with van der Waals surface area (Å²) in [7, 11) is 0. The second-order valence-electron chi connectivity index (χ2n) is 5.53. The monoisotopic (exact) mass is 242 g/mol. The Kier molecular flexibility index (Phi) is 3.35. The number of hydrogen-bond acceptors (Lipinski definition) is 1. The van der Waals surface area contributed by atoms with Crippen LogP contribution in [0.1, 0.15) is 44.9 Å². The number of imidazole rings is 1. The average Bonchev–Trinajstić information content (AvgIpc) is 3.00. The van der Waals surface area contributed by atoms with E-state index in [1.807, 2.05) is 0 Å². The van der Waals surface area contributed by atoms with Crippen molar-refractivity contribution in [1.29, 1.82) is 0 Å². The smallest absolute Gasteiger partial charge is 0.109 e. The minimum atomic E-state index is 0.873. The van der Waals surface area contributed by atoms with Crippen LogP contribution >= 0.6 is 0 Å². The van der Waals surface area contributed by atoms with Gasteiger partial charge < -0.3 is 4.57 Å². The number of rotatable bonds is 4. The van der Waals surface area contributed by atoms with Crippen molar-refractivity contribution in [2.45, 2.75) is 52.0 Å². The van der Waals surface area contributed by atoms with Gasteiger partial charge in [-0.3, -0.25) is 0 Å². The van der Waals surface area contributed by atoms with Crippen molar-refractivity contribution >= 4 is 11.0 Å². The van der Waals surface area contributed by atoms with Gasteiger partial charge in [-0.2, -0.15) is 0 Å². The molecule has 1 aromatic heterocycles. The molecule has 0 N–H and O–H groups in total. The van der Waals surface area contributed by atoms with Crippen LogP contribution in [0.2, 0.25) is 0 Å². The van der Waals surface area contributed by atoms with Gasteiger partial charge in [0, 0.05) is 13.0 Å². The Bertz CT molecular complexity index is 521. The summed E-state index contributed by atoms with van der Waals surface area (Å²) in [6.07, 6.45) is 7.91. The van der Waals surface area contributed by atoms with E-state index in [0.717, 1.165) is 12.3 Å². The number of aryl methyl sites for hydroxylation is 1. The molecule has 0 aliphatic heterocycles. The number of para-hydroxylation sites is 2. The van der Waals surface area contributed by atoms with Gasteiger partial charge in [0.15, 0.2) is 0 Å². The highest BCUT2D eigenvalue weighted by Crippen LogP contribution is 2.28. The highest BCUT2D eigenvalue weighted by Gasteiger charge is 2.18. The Balaban J connectivity index is 1.97. The Labute approximate surface area is 109 Å². The van der Waals surface area contributed by atoms with E-state index in [2.05, 4.69) is 35.8 Å². The molecule has 0 amide bonds. The summed E-state index contributed by atoms with van der Waals surface area (Å²) in [6.45, 7) is 3.41. The lowest BCUT2D eigenvalue weighted by molar-refractivity contribution is 0.453. The number of benzene rings is 1. The van der Waals surface area contributed by atoms with Crippen molar-refractivity contribution < 1.29 is 0 Å². The zero-order valence-corrected chi connectivity index (χ0v) is 11.2. The molecule has 0 atom stereocenters. The van der Waals surface area contributed by atoms with Crippen LogP contribution in [-0.4, -0.2) is 9.55 Å².